The van der Waals surface area contributed by atoms with Gasteiger partial charge in [0, 0.05) is 28.2 Å². The fourth-order valence-corrected chi connectivity index (χ4v) is 4.23. The Labute approximate surface area is 181 Å². The van der Waals surface area contributed by atoms with Gasteiger partial charge in [0.25, 0.3) is 0 Å². The molecule has 0 radical (unpaired) electrons. The summed E-state index contributed by atoms with van der Waals surface area (Å²) in [6.07, 6.45) is -3.27. The van der Waals surface area contributed by atoms with Crippen molar-refractivity contribution in [2.75, 3.05) is 0 Å². The number of aliphatic hydroxyl groups is 1. The number of fused-ring (bicyclic) bond motifs is 2. The van der Waals surface area contributed by atoms with Gasteiger partial charge in [0.1, 0.15) is 5.82 Å². The van der Waals surface area contributed by atoms with Crippen LogP contribution in [0.2, 0.25) is 0 Å². The summed E-state index contributed by atoms with van der Waals surface area (Å²) >= 11 is 0. The number of para-hydroxylation sites is 1. The molecule has 32 heavy (non-hydrogen) atoms. The second-order valence-electron chi connectivity index (χ2n) is 7.64. The van der Waals surface area contributed by atoms with Crippen LogP contribution in [0.1, 0.15) is 11.1 Å². The Kier molecular flexibility index (Phi) is 4.57. The van der Waals surface area contributed by atoms with Gasteiger partial charge in [0.15, 0.2) is 0 Å². The van der Waals surface area contributed by atoms with Crippen molar-refractivity contribution < 1.29 is 22.7 Å². The van der Waals surface area contributed by atoms with Crippen LogP contribution < -0.4 is 0 Å². The lowest BCUT2D eigenvalue weighted by Gasteiger charge is -2.32. The highest BCUT2D eigenvalue weighted by Crippen LogP contribution is 2.47. The molecule has 4 aromatic carbocycles. The van der Waals surface area contributed by atoms with Gasteiger partial charge in [0.05, 0.1) is 5.52 Å². The van der Waals surface area contributed by atoms with E-state index < -0.39 is 23.2 Å². The molecule has 6 heteroatoms. The van der Waals surface area contributed by atoms with Gasteiger partial charge in [-0.25, -0.2) is 4.39 Å². The average Bonchev–Trinajstić information content (AvgIpc) is 3.22. The van der Waals surface area contributed by atoms with Crippen LogP contribution in [0.4, 0.5) is 17.6 Å². The number of alkyl halides is 3. The number of halogens is 4. The molecule has 0 aliphatic rings. The smallest absolute Gasteiger partial charge is 0.372 e. The molecule has 0 spiro atoms. The minimum absolute atomic E-state index is 0.00859. The Morgan fingerprint density at radius 1 is 0.719 bits per heavy atom. The average molecular weight is 435 g/mol. The standard InChI is InChI=1S/C26H17F4NO/c27-23-12-11-22(20-8-4-5-9-21(20)23)25(32,26(28,29)30)18-10-13-24-17(16-18)14-15-31(24)19-6-2-1-3-7-19/h1-16,32H. The summed E-state index contributed by atoms with van der Waals surface area (Å²) < 4.78 is 59.4. The predicted molar refractivity (Wildman–Crippen MR) is 116 cm³/mol. The highest BCUT2D eigenvalue weighted by molar-refractivity contribution is 5.88. The molecule has 2 nitrogen and oxygen atoms in total. The largest absolute Gasteiger partial charge is 0.425 e. The maximum Gasteiger partial charge on any atom is 0.425 e. The number of aromatic nitrogens is 1. The van der Waals surface area contributed by atoms with Crippen LogP contribution in [0.5, 0.6) is 0 Å². The molecule has 0 saturated carbocycles. The van der Waals surface area contributed by atoms with Crippen molar-refractivity contribution in [2.24, 2.45) is 0 Å². The van der Waals surface area contributed by atoms with Crippen molar-refractivity contribution in [2.45, 2.75) is 11.8 Å². The van der Waals surface area contributed by atoms with Gasteiger partial charge < -0.3 is 9.67 Å². The first-order valence-electron chi connectivity index (χ1n) is 9.94. The van der Waals surface area contributed by atoms with Gasteiger partial charge >= 0.3 is 6.18 Å². The number of nitrogens with zero attached hydrogens (tertiary/aromatic N) is 1. The Morgan fingerprint density at radius 2 is 1.41 bits per heavy atom. The van der Waals surface area contributed by atoms with Gasteiger partial charge in [0.2, 0.25) is 5.60 Å². The summed E-state index contributed by atoms with van der Waals surface area (Å²) in [5, 5.41) is 11.8. The monoisotopic (exact) mass is 435 g/mol. The van der Waals surface area contributed by atoms with Crippen molar-refractivity contribution in [1.29, 1.82) is 0 Å². The molecule has 0 aliphatic carbocycles. The zero-order valence-electron chi connectivity index (χ0n) is 16.6. The summed E-state index contributed by atoms with van der Waals surface area (Å²) in [7, 11) is 0. The molecular weight excluding hydrogens is 418 g/mol. The van der Waals surface area contributed by atoms with E-state index in [-0.39, 0.29) is 16.3 Å². The van der Waals surface area contributed by atoms with Crippen molar-refractivity contribution in [3.05, 3.63) is 114 Å². The summed E-state index contributed by atoms with van der Waals surface area (Å²) in [5.74, 6) is -0.649. The minimum atomic E-state index is -5.04. The van der Waals surface area contributed by atoms with Gasteiger partial charge in [-0.1, -0.05) is 54.6 Å². The topological polar surface area (TPSA) is 25.2 Å². The first-order chi connectivity index (χ1) is 15.3. The molecule has 0 aliphatic heterocycles. The first kappa shape index (κ1) is 20.3. The van der Waals surface area contributed by atoms with Crippen molar-refractivity contribution in [1.82, 2.24) is 4.57 Å². The second kappa shape index (κ2) is 7.21. The quantitative estimate of drug-likeness (QED) is 0.313. The maximum atomic E-state index is 14.4. The molecule has 0 fully saturated rings. The maximum absolute atomic E-state index is 14.4. The Balaban J connectivity index is 1.74. The molecular formula is C26H17F4NO. The van der Waals surface area contributed by atoms with Gasteiger partial charge in [-0.2, -0.15) is 13.2 Å². The van der Waals surface area contributed by atoms with Gasteiger partial charge in [-0.3, -0.25) is 0 Å². The van der Waals surface area contributed by atoms with Crippen LogP contribution in [-0.4, -0.2) is 15.8 Å². The first-order valence-corrected chi connectivity index (χ1v) is 9.94. The fourth-order valence-electron chi connectivity index (χ4n) is 4.23. The highest BCUT2D eigenvalue weighted by atomic mass is 19.4. The van der Waals surface area contributed by atoms with E-state index in [0.29, 0.717) is 10.9 Å². The van der Waals surface area contributed by atoms with E-state index in [1.54, 1.807) is 24.4 Å². The van der Waals surface area contributed by atoms with E-state index in [2.05, 4.69) is 0 Å². The van der Waals surface area contributed by atoms with Crippen LogP contribution in [0.15, 0.2) is 97.2 Å². The summed E-state index contributed by atoms with van der Waals surface area (Å²) in [4.78, 5) is 0. The fraction of sp³-hybridized carbons (Fsp3) is 0.0769. The molecule has 5 aromatic rings. The van der Waals surface area contributed by atoms with E-state index in [1.165, 1.54) is 30.3 Å². The van der Waals surface area contributed by atoms with Gasteiger partial charge in [-0.05, 0) is 47.3 Å². The highest BCUT2D eigenvalue weighted by Gasteiger charge is 2.57. The van der Waals surface area contributed by atoms with E-state index in [0.717, 1.165) is 17.8 Å². The third kappa shape index (κ3) is 2.99. The van der Waals surface area contributed by atoms with Crippen LogP contribution in [0.25, 0.3) is 27.4 Å². The number of benzene rings is 4. The van der Waals surface area contributed by atoms with E-state index in [1.807, 2.05) is 34.9 Å². The Bertz CT molecular complexity index is 1440. The second-order valence-corrected chi connectivity index (χ2v) is 7.64. The molecule has 0 saturated heterocycles. The minimum Gasteiger partial charge on any atom is -0.372 e. The third-order valence-corrected chi connectivity index (χ3v) is 5.81. The lowest BCUT2D eigenvalue weighted by molar-refractivity contribution is -0.247. The molecule has 160 valence electrons. The number of rotatable bonds is 3. The summed E-state index contributed by atoms with van der Waals surface area (Å²) in [5.41, 5.74) is -2.49. The molecule has 0 bridgehead atoms. The zero-order chi connectivity index (χ0) is 22.5. The van der Waals surface area contributed by atoms with Crippen molar-refractivity contribution in [3.63, 3.8) is 0 Å². The van der Waals surface area contributed by atoms with Crippen molar-refractivity contribution >= 4 is 21.7 Å². The number of hydrogen-bond acceptors (Lipinski definition) is 1. The Morgan fingerprint density at radius 3 is 2.12 bits per heavy atom. The summed E-state index contributed by atoms with van der Waals surface area (Å²) in [6, 6.07) is 23.1. The van der Waals surface area contributed by atoms with Crippen molar-refractivity contribution in [3.8, 4) is 5.69 Å². The van der Waals surface area contributed by atoms with E-state index in [4.69, 9.17) is 0 Å². The predicted octanol–water partition coefficient (Wildman–Crippen LogP) is 6.72. The molecule has 0 amide bonds. The van der Waals surface area contributed by atoms with Gasteiger partial charge in [-0.15, -0.1) is 0 Å². The molecule has 1 unspecified atom stereocenters. The van der Waals surface area contributed by atoms with Crippen LogP contribution >= 0.6 is 0 Å². The van der Waals surface area contributed by atoms with E-state index in [9.17, 15) is 22.7 Å². The molecule has 5 rings (SSSR count). The summed E-state index contributed by atoms with van der Waals surface area (Å²) in [6.45, 7) is 0. The SMILES string of the molecule is OC(c1ccc2c(ccn2-c2ccccc2)c1)(c1ccc(F)c2ccccc12)C(F)(F)F. The molecule has 1 aromatic heterocycles. The Hall–Kier alpha value is -3.64. The van der Waals surface area contributed by atoms with Crippen LogP contribution in [-0.2, 0) is 5.60 Å². The lowest BCUT2D eigenvalue weighted by Crippen LogP contribution is -2.43. The van der Waals surface area contributed by atoms with E-state index >= 15 is 0 Å². The molecule has 1 atom stereocenters. The molecule has 1 N–H and O–H groups in total. The van der Waals surface area contributed by atoms with Crippen LogP contribution in [0.3, 0.4) is 0 Å². The zero-order valence-corrected chi connectivity index (χ0v) is 16.6. The number of hydrogen-bond donors (Lipinski definition) is 1. The lowest BCUT2D eigenvalue weighted by atomic mass is 9.82. The molecule has 1 heterocycles. The normalized spacial score (nSPS) is 14.0. The van der Waals surface area contributed by atoms with Crippen LogP contribution in [0, 0.1) is 5.82 Å². The third-order valence-electron chi connectivity index (χ3n) is 5.81.